The summed E-state index contributed by atoms with van der Waals surface area (Å²) in [7, 11) is 0. The van der Waals surface area contributed by atoms with E-state index in [0.717, 1.165) is 24.9 Å². The van der Waals surface area contributed by atoms with Gasteiger partial charge in [-0.2, -0.15) is 0 Å². The Labute approximate surface area is 159 Å². The molecule has 7 heteroatoms. The van der Waals surface area contributed by atoms with E-state index in [2.05, 4.69) is 16.9 Å². The lowest BCUT2D eigenvalue weighted by Crippen LogP contribution is -2.40. The van der Waals surface area contributed by atoms with Crippen molar-refractivity contribution < 1.29 is 9.53 Å². The summed E-state index contributed by atoms with van der Waals surface area (Å²) in [5.74, 6) is 1.02. The first kappa shape index (κ1) is 19.8. The minimum Gasteiger partial charge on any atom is -0.445 e. The summed E-state index contributed by atoms with van der Waals surface area (Å²) < 4.78 is 5.38. The molecule has 1 aromatic rings. The van der Waals surface area contributed by atoms with Crippen molar-refractivity contribution in [1.82, 2.24) is 10.2 Å². The third-order valence-corrected chi connectivity index (χ3v) is 4.27. The third-order valence-electron chi connectivity index (χ3n) is 4.16. The lowest BCUT2D eigenvalue weighted by Gasteiger charge is -2.31. The number of nitrogens with one attached hydrogen (secondary N) is 1. The fraction of sp³-hybridized carbons (Fsp3) is 0.368. The predicted octanol–water partition coefficient (Wildman–Crippen LogP) is 3.21. The number of hydrogen-bond acceptors (Lipinski definition) is 4. The van der Waals surface area contributed by atoms with Crippen molar-refractivity contribution in [3.63, 3.8) is 0 Å². The van der Waals surface area contributed by atoms with Crippen LogP contribution in [-0.4, -0.2) is 37.0 Å². The Kier molecular flexibility index (Phi) is 8.02. The van der Waals surface area contributed by atoms with E-state index < -0.39 is 0 Å². The van der Waals surface area contributed by atoms with Crippen molar-refractivity contribution in [3.05, 3.63) is 59.4 Å². The summed E-state index contributed by atoms with van der Waals surface area (Å²) in [6, 6.07) is 9.68. The molecule has 0 aromatic heterocycles. The molecule has 3 N–H and O–H groups in total. The van der Waals surface area contributed by atoms with Gasteiger partial charge in [-0.15, -0.1) is 0 Å². The molecule has 0 bridgehead atoms. The van der Waals surface area contributed by atoms with Crippen molar-refractivity contribution in [2.24, 2.45) is 16.6 Å². The van der Waals surface area contributed by atoms with Gasteiger partial charge in [0.1, 0.15) is 12.4 Å². The second-order valence-corrected chi connectivity index (χ2v) is 6.59. The second kappa shape index (κ2) is 10.5. The summed E-state index contributed by atoms with van der Waals surface area (Å²) in [5.41, 5.74) is 6.32. The van der Waals surface area contributed by atoms with Crippen LogP contribution in [0.3, 0.4) is 0 Å². The molecular formula is C19H25ClN4O2. The van der Waals surface area contributed by atoms with Gasteiger partial charge in [0.15, 0.2) is 0 Å². The van der Waals surface area contributed by atoms with Crippen LogP contribution in [0.25, 0.3) is 0 Å². The molecule has 1 fully saturated rings. The molecule has 1 heterocycles. The van der Waals surface area contributed by atoms with Crippen LogP contribution in [0.15, 0.2) is 58.8 Å². The number of carbonyl (C=O) groups is 1. The number of benzene rings is 1. The molecule has 6 nitrogen and oxygen atoms in total. The number of amides is 1. The van der Waals surface area contributed by atoms with E-state index >= 15 is 0 Å². The van der Waals surface area contributed by atoms with Crippen molar-refractivity contribution >= 4 is 24.0 Å². The second-order valence-electron chi connectivity index (χ2n) is 6.11. The van der Waals surface area contributed by atoms with Gasteiger partial charge in [0.2, 0.25) is 0 Å². The number of rotatable bonds is 7. The van der Waals surface area contributed by atoms with Gasteiger partial charge in [-0.3, -0.25) is 0 Å². The van der Waals surface area contributed by atoms with E-state index in [4.69, 9.17) is 22.1 Å². The van der Waals surface area contributed by atoms with Gasteiger partial charge in [-0.1, -0.05) is 48.5 Å². The van der Waals surface area contributed by atoms with Gasteiger partial charge in [0.05, 0.1) is 6.34 Å². The maximum absolute atomic E-state index is 12.2. The molecular weight excluding hydrogens is 352 g/mol. The quantitative estimate of drug-likeness (QED) is 0.435. The van der Waals surface area contributed by atoms with Crippen molar-refractivity contribution in [3.8, 4) is 0 Å². The van der Waals surface area contributed by atoms with Crippen LogP contribution in [0.1, 0.15) is 18.4 Å². The SMILES string of the molecule is C=C(Cl)/C=C(\N=CN)NCC1CCN(C(=O)OCc2ccccc2)CC1. The van der Waals surface area contributed by atoms with E-state index in [0.29, 0.717) is 36.5 Å². The summed E-state index contributed by atoms with van der Waals surface area (Å²) in [6.45, 7) is 6.02. The fourth-order valence-corrected chi connectivity index (χ4v) is 2.85. The first-order chi connectivity index (χ1) is 12.6. The zero-order valence-electron chi connectivity index (χ0n) is 14.7. The lowest BCUT2D eigenvalue weighted by molar-refractivity contribution is 0.0824. The lowest BCUT2D eigenvalue weighted by atomic mass is 9.97. The summed E-state index contributed by atoms with van der Waals surface area (Å²) in [6.07, 6.45) is 4.38. The normalized spacial score (nSPS) is 15.9. The van der Waals surface area contributed by atoms with Crippen LogP contribution < -0.4 is 11.1 Å². The van der Waals surface area contributed by atoms with Gasteiger partial charge >= 0.3 is 6.09 Å². The molecule has 0 spiro atoms. The smallest absolute Gasteiger partial charge is 0.410 e. The highest BCUT2D eigenvalue weighted by Gasteiger charge is 2.23. The molecule has 0 aliphatic carbocycles. The minimum absolute atomic E-state index is 0.257. The molecule has 2 rings (SSSR count). The average molecular weight is 377 g/mol. The highest BCUT2D eigenvalue weighted by Crippen LogP contribution is 2.18. The monoisotopic (exact) mass is 376 g/mol. The number of carbonyl (C=O) groups excluding carboxylic acids is 1. The van der Waals surface area contributed by atoms with Crippen molar-refractivity contribution in [1.29, 1.82) is 0 Å². The van der Waals surface area contributed by atoms with E-state index in [1.807, 2.05) is 30.3 Å². The summed E-state index contributed by atoms with van der Waals surface area (Å²) in [5, 5.41) is 3.60. The number of nitrogens with two attached hydrogens (primary N) is 1. The molecule has 1 saturated heterocycles. The molecule has 1 aromatic carbocycles. The number of halogens is 1. The molecule has 0 saturated carbocycles. The Morgan fingerprint density at radius 3 is 2.69 bits per heavy atom. The minimum atomic E-state index is -0.257. The summed E-state index contributed by atoms with van der Waals surface area (Å²) >= 11 is 5.77. The molecule has 0 unspecified atom stereocenters. The number of aliphatic imine (C=N–C) groups is 1. The average Bonchev–Trinajstić information content (AvgIpc) is 2.65. The van der Waals surface area contributed by atoms with Gasteiger partial charge in [0, 0.05) is 24.7 Å². The highest BCUT2D eigenvalue weighted by molar-refractivity contribution is 6.30. The Hall–Kier alpha value is -2.47. The molecule has 0 atom stereocenters. The first-order valence-corrected chi connectivity index (χ1v) is 8.96. The number of ether oxygens (including phenoxy) is 1. The molecule has 1 aliphatic rings. The predicted molar refractivity (Wildman–Crippen MR) is 105 cm³/mol. The molecule has 1 aliphatic heterocycles. The Morgan fingerprint density at radius 1 is 1.38 bits per heavy atom. The zero-order chi connectivity index (χ0) is 18.8. The maximum atomic E-state index is 12.2. The summed E-state index contributed by atoms with van der Waals surface area (Å²) in [4.78, 5) is 17.9. The Morgan fingerprint density at radius 2 is 2.08 bits per heavy atom. The van der Waals surface area contributed by atoms with Gasteiger partial charge in [-0.05, 0) is 30.4 Å². The number of likely N-dealkylation sites (tertiary alicyclic amines) is 1. The Bertz CT molecular complexity index is 653. The van der Waals surface area contributed by atoms with Crippen LogP contribution in [-0.2, 0) is 11.3 Å². The van der Waals surface area contributed by atoms with E-state index in [-0.39, 0.29) is 6.09 Å². The maximum Gasteiger partial charge on any atom is 0.410 e. The van der Waals surface area contributed by atoms with E-state index in [1.165, 1.54) is 6.34 Å². The molecule has 0 radical (unpaired) electrons. The van der Waals surface area contributed by atoms with Crippen LogP contribution in [0.2, 0.25) is 0 Å². The number of nitrogens with zero attached hydrogens (tertiary/aromatic N) is 2. The van der Waals surface area contributed by atoms with Gasteiger partial charge < -0.3 is 20.7 Å². The fourth-order valence-electron chi connectivity index (χ4n) is 2.74. The topological polar surface area (TPSA) is 80.0 Å². The molecule has 26 heavy (non-hydrogen) atoms. The highest BCUT2D eigenvalue weighted by atomic mass is 35.5. The Balaban J connectivity index is 1.72. The third kappa shape index (κ3) is 6.80. The number of piperidine rings is 1. The van der Waals surface area contributed by atoms with Crippen molar-refractivity contribution in [2.45, 2.75) is 19.4 Å². The van der Waals surface area contributed by atoms with E-state index in [9.17, 15) is 4.79 Å². The number of allylic oxidation sites excluding steroid dienone is 2. The first-order valence-electron chi connectivity index (χ1n) is 8.58. The molecule has 1 amide bonds. The zero-order valence-corrected chi connectivity index (χ0v) is 15.5. The largest absolute Gasteiger partial charge is 0.445 e. The van der Waals surface area contributed by atoms with Crippen LogP contribution in [0, 0.1) is 5.92 Å². The van der Waals surface area contributed by atoms with E-state index in [1.54, 1.807) is 11.0 Å². The number of hydrogen-bond donors (Lipinski definition) is 2. The molecule has 140 valence electrons. The van der Waals surface area contributed by atoms with Crippen LogP contribution in [0.5, 0.6) is 0 Å². The van der Waals surface area contributed by atoms with Crippen molar-refractivity contribution in [2.75, 3.05) is 19.6 Å². The standard InChI is InChI=1S/C19H25ClN4O2/c1-15(20)11-18(23-14-21)22-12-16-7-9-24(10-8-16)19(25)26-13-17-5-3-2-4-6-17/h2-6,11,14,16,22H,1,7-10,12-13H2,(H2,21,23)/b18-11-. The van der Waals surface area contributed by atoms with Crippen LogP contribution in [0.4, 0.5) is 4.79 Å². The van der Waals surface area contributed by atoms with Gasteiger partial charge in [-0.25, -0.2) is 9.79 Å². The van der Waals surface area contributed by atoms with Gasteiger partial charge in [0.25, 0.3) is 0 Å². The van der Waals surface area contributed by atoms with Crippen LogP contribution >= 0.6 is 11.6 Å².